The van der Waals surface area contributed by atoms with Crippen molar-refractivity contribution in [3.63, 3.8) is 0 Å². The van der Waals surface area contributed by atoms with Crippen LogP contribution < -0.4 is 0 Å². The summed E-state index contributed by atoms with van der Waals surface area (Å²) in [6, 6.07) is 0. The SMILES string of the molecule is CC/C=C\C/C=C\C/C=C\C/C=C\C/C=C\C/C=C\CCCCCCCCCCCCCCCCCCCCCCC(=O)OC(COC(=O)CCCCCCCCCCCCCCCC/C=C\C/C=C\C/C=C\C/C=C\CC)COP(=O)(O)OCC[N+](C)(C)C. The molecule has 10 heteroatoms. The molecule has 90 heavy (non-hydrogen) atoms. The molecule has 0 aromatic carbocycles. The number of phosphoric acid groups is 1. The maximum Gasteiger partial charge on any atom is 0.472 e. The molecular weight excluding hydrogens is 1130 g/mol. The number of carbonyl (C=O) groups is 2. The third-order valence-corrected chi connectivity index (χ3v) is 17.0. The summed E-state index contributed by atoms with van der Waals surface area (Å²) in [5.41, 5.74) is 0. The minimum absolute atomic E-state index is 0.0294. The van der Waals surface area contributed by atoms with E-state index in [4.69, 9.17) is 18.5 Å². The number of ether oxygens (including phenoxy) is 2. The van der Waals surface area contributed by atoms with Gasteiger partial charge in [0.25, 0.3) is 0 Å². The number of carbonyl (C=O) groups excluding carboxylic acids is 2. The molecule has 0 saturated heterocycles. The van der Waals surface area contributed by atoms with E-state index in [2.05, 4.69) is 135 Å². The molecule has 2 unspecified atom stereocenters. The summed E-state index contributed by atoms with van der Waals surface area (Å²) in [4.78, 5) is 35.9. The van der Waals surface area contributed by atoms with Crippen molar-refractivity contribution in [2.75, 3.05) is 47.5 Å². The fourth-order valence-electron chi connectivity index (χ4n) is 10.4. The molecule has 0 rings (SSSR count). The third-order valence-electron chi connectivity index (χ3n) is 16.0. The van der Waals surface area contributed by atoms with Gasteiger partial charge >= 0.3 is 19.8 Å². The van der Waals surface area contributed by atoms with E-state index < -0.39 is 26.5 Å². The maximum absolute atomic E-state index is 12.9. The summed E-state index contributed by atoms with van der Waals surface area (Å²) in [5, 5.41) is 0. The van der Waals surface area contributed by atoms with Gasteiger partial charge < -0.3 is 18.9 Å². The van der Waals surface area contributed by atoms with Crippen LogP contribution in [0.5, 0.6) is 0 Å². The first-order valence-electron chi connectivity index (χ1n) is 37.3. The van der Waals surface area contributed by atoms with Crippen LogP contribution in [0.15, 0.2) is 122 Å². The van der Waals surface area contributed by atoms with Crippen LogP contribution in [0, 0.1) is 0 Å². The third kappa shape index (κ3) is 73.5. The van der Waals surface area contributed by atoms with E-state index in [0.717, 1.165) is 96.3 Å². The summed E-state index contributed by atoms with van der Waals surface area (Å²) in [7, 11) is 1.48. The Morgan fingerprint density at radius 3 is 0.889 bits per heavy atom. The molecular formula is C80H141NO8P+. The van der Waals surface area contributed by atoms with Crippen molar-refractivity contribution in [1.82, 2.24) is 0 Å². The van der Waals surface area contributed by atoms with Crippen LogP contribution in [0.3, 0.4) is 0 Å². The largest absolute Gasteiger partial charge is 0.472 e. The summed E-state index contributed by atoms with van der Waals surface area (Å²) < 4.78 is 34.8. The van der Waals surface area contributed by atoms with Crippen LogP contribution in [0.25, 0.3) is 0 Å². The Bertz CT molecular complexity index is 1940. The maximum atomic E-state index is 12.9. The summed E-state index contributed by atoms with van der Waals surface area (Å²) in [5.74, 6) is -0.789. The van der Waals surface area contributed by atoms with Gasteiger partial charge in [-0.15, -0.1) is 0 Å². The molecule has 2 atom stereocenters. The van der Waals surface area contributed by atoms with Gasteiger partial charge in [0.1, 0.15) is 19.8 Å². The van der Waals surface area contributed by atoms with E-state index in [1.54, 1.807) is 0 Å². The Morgan fingerprint density at radius 1 is 0.344 bits per heavy atom. The lowest BCUT2D eigenvalue weighted by atomic mass is 10.0. The second-order valence-corrected chi connectivity index (χ2v) is 27.4. The minimum atomic E-state index is -4.40. The van der Waals surface area contributed by atoms with Gasteiger partial charge in [-0.1, -0.05) is 328 Å². The van der Waals surface area contributed by atoms with Gasteiger partial charge in [0, 0.05) is 12.8 Å². The number of allylic oxidation sites excluding steroid dienone is 20. The predicted molar refractivity (Wildman–Crippen MR) is 390 cm³/mol. The summed E-state index contributed by atoms with van der Waals surface area (Å²) >= 11 is 0. The van der Waals surface area contributed by atoms with Gasteiger partial charge in [-0.05, 0) is 103 Å². The monoisotopic (exact) mass is 1280 g/mol. The Labute approximate surface area is 556 Å². The molecule has 0 aliphatic carbocycles. The predicted octanol–water partition coefficient (Wildman–Crippen LogP) is 24.6. The number of hydrogen-bond acceptors (Lipinski definition) is 7. The molecule has 0 fully saturated rings. The molecule has 9 nitrogen and oxygen atoms in total. The Balaban J connectivity index is 3.98. The molecule has 0 aliphatic heterocycles. The first-order chi connectivity index (χ1) is 44.0. The molecule has 0 aromatic heterocycles. The molecule has 0 heterocycles. The smallest absolute Gasteiger partial charge is 0.462 e. The van der Waals surface area contributed by atoms with Crippen LogP contribution in [-0.4, -0.2) is 74.9 Å². The van der Waals surface area contributed by atoms with Crippen LogP contribution in [-0.2, 0) is 32.7 Å². The van der Waals surface area contributed by atoms with Crippen molar-refractivity contribution >= 4 is 19.8 Å². The Hall–Kier alpha value is -3.59. The molecule has 0 spiro atoms. The number of quaternary nitrogens is 1. The quantitative estimate of drug-likeness (QED) is 0.0211. The van der Waals surface area contributed by atoms with E-state index >= 15 is 0 Å². The second-order valence-electron chi connectivity index (χ2n) is 25.9. The number of phosphoric ester groups is 1. The molecule has 1 N–H and O–H groups in total. The first kappa shape index (κ1) is 86.4. The number of likely N-dealkylation sites (N-methyl/N-ethyl adjacent to an activating group) is 1. The number of rotatable bonds is 68. The van der Waals surface area contributed by atoms with E-state index in [1.165, 1.54) is 193 Å². The van der Waals surface area contributed by atoms with E-state index in [9.17, 15) is 19.0 Å². The van der Waals surface area contributed by atoms with Crippen molar-refractivity contribution in [3.05, 3.63) is 122 Å². The zero-order chi connectivity index (χ0) is 65.5. The lowest BCUT2D eigenvalue weighted by Gasteiger charge is -2.24. The lowest BCUT2D eigenvalue weighted by Crippen LogP contribution is -2.37. The van der Waals surface area contributed by atoms with Crippen molar-refractivity contribution in [1.29, 1.82) is 0 Å². The number of unbranched alkanes of at least 4 members (excludes halogenated alkanes) is 34. The standard InChI is InChI=1S/C80H140NO8P/c1-6-8-10-12-14-16-18-20-22-24-26-28-30-32-34-35-36-37-38-39-40-41-42-43-44-45-47-49-51-53-55-57-59-61-63-65-67-69-71-73-80(83)89-78(77-88-90(84,85)87-75-74-81(3,4)5)76-86-79(82)72-70-68-66-64-62-60-58-56-54-52-50-48-46-33-31-29-27-25-23-21-19-17-15-13-11-9-7-2/h8-11,14-17,20-23,26-29,32,34,36-37,78H,6-7,12-13,18-19,24-25,30-31,33,35,38-77H2,1-5H3/p+1/b10-8-,11-9-,16-14-,17-15-,22-20-,23-21-,28-26-,29-27-,34-32-,37-36-. The highest BCUT2D eigenvalue weighted by molar-refractivity contribution is 7.47. The van der Waals surface area contributed by atoms with Gasteiger partial charge in [-0.3, -0.25) is 18.6 Å². The molecule has 0 amide bonds. The van der Waals surface area contributed by atoms with Gasteiger partial charge in [-0.25, -0.2) is 4.57 Å². The zero-order valence-electron chi connectivity index (χ0n) is 59.1. The van der Waals surface area contributed by atoms with E-state index in [-0.39, 0.29) is 32.0 Å². The van der Waals surface area contributed by atoms with Gasteiger partial charge in [-0.2, -0.15) is 0 Å². The van der Waals surface area contributed by atoms with Crippen LogP contribution in [0.2, 0.25) is 0 Å². The summed E-state index contributed by atoms with van der Waals surface area (Å²) in [6.07, 6.45) is 100. The van der Waals surface area contributed by atoms with Crippen molar-refractivity contribution in [3.8, 4) is 0 Å². The second kappa shape index (κ2) is 69.7. The molecule has 0 radical (unpaired) electrons. The molecule has 518 valence electrons. The topological polar surface area (TPSA) is 108 Å². The fraction of sp³-hybridized carbons (Fsp3) is 0.725. The Morgan fingerprint density at radius 2 is 0.600 bits per heavy atom. The van der Waals surface area contributed by atoms with E-state index in [0.29, 0.717) is 17.4 Å². The van der Waals surface area contributed by atoms with Crippen LogP contribution in [0.4, 0.5) is 0 Å². The average Bonchev–Trinajstić information content (AvgIpc) is 3.58. The highest BCUT2D eigenvalue weighted by Gasteiger charge is 2.27. The number of esters is 2. The number of nitrogens with zero attached hydrogens (tertiary/aromatic N) is 1. The van der Waals surface area contributed by atoms with E-state index in [1.807, 2.05) is 21.1 Å². The van der Waals surface area contributed by atoms with Gasteiger partial charge in [0.15, 0.2) is 6.10 Å². The Kier molecular flexibility index (Phi) is 67.0. The van der Waals surface area contributed by atoms with Crippen molar-refractivity contribution in [2.24, 2.45) is 0 Å². The zero-order valence-corrected chi connectivity index (χ0v) is 60.0. The molecule has 0 saturated carbocycles. The molecule has 0 aliphatic rings. The highest BCUT2D eigenvalue weighted by atomic mass is 31.2. The van der Waals surface area contributed by atoms with Crippen LogP contribution in [0.1, 0.15) is 322 Å². The van der Waals surface area contributed by atoms with Crippen molar-refractivity contribution in [2.45, 2.75) is 328 Å². The summed E-state index contributed by atoms with van der Waals surface area (Å²) in [6.45, 7) is 4.24. The number of hydrogen-bond donors (Lipinski definition) is 1. The van der Waals surface area contributed by atoms with Crippen molar-refractivity contribution < 1.29 is 42.1 Å². The minimum Gasteiger partial charge on any atom is -0.462 e. The molecule has 0 aromatic rings. The normalized spacial score (nSPS) is 13.8. The van der Waals surface area contributed by atoms with Gasteiger partial charge in [0.05, 0.1) is 27.7 Å². The van der Waals surface area contributed by atoms with Crippen LogP contribution >= 0.6 is 7.82 Å². The lowest BCUT2D eigenvalue weighted by molar-refractivity contribution is -0.870. The van der Waals surface area contributed by atoms with Gasteiger partial charge in [0.2, 0.25) is 0 Å². The molecule has 0 bridgehead atoms. The highest BCUT2D eigenvalue weighted by Crippen LogP contribution is 2.43. The fourth-order valence-corrected chi connectivity index (χ4v) is 11.1. The first-order valence-corrected chi connectivity index (χ1v) is 38.8. The average molecular weight is 1280 g/mol.